The van der Waals surface area contributed by atoms with E-state index >= 15 is 4.39 Å². The van der Waals surface area contributed by atoms with Gasteiger partial charge in [0.05, 0.1) is 7.11 Å². The molecule has 1 atom stereocenters. The monoisotopic (exact) mass is 546 g/mol. The summed E-state index contributed by atoms with van der Waals surface area (Å²) in [6, 6.07) is 17.5. The second-order valence-corrected chi connectivity index (χ2v) is 11.2. The van der Waals surface area contributed by atoms with E-state index in [2.05, 4.69) is 34.9 Å². The van der Waals surface area contributed by atoms with Crippen molar-refractivity contribution in [3.05, 3.63) is 82.7 Å². The summed E-state index contributed by atoms with van der Waals surface area (Å²) in [5.41, 5.74) is 5.87. The molecule has 5 nitrogen and oxygen atoms in total. The number of aryl methyl sites for hydroxylation is 1. The zero-order valence-corrected chi connectivity index (χ0v) is 24.0. The number of ether oxygens (including phenoxy) is 2. The van der Waals surface area contributed by atoms with E-state index in [0.29, 0.717) is 30.6 Å². The third-order valence-electron chi connectivity index (χ3n) is 8.55. The van der Waals surface area contributed by atoms with E-state index in [1.54, 1.807) is 25.3 Å². The van der Waals surface area contributed by atoms with Crippen LogP contribution < -0.4 is 14.4 Å². The standard InChI is InChI=1S/C34H43FN2O3/c1-3-37(24-25-8-15-34(32(35)20-25)40-19-18-36-16-6-4-5-7-17-36)33-23-30(39-2)13-14-31(33)28-10-9-27-22-29(38)12-11-26(27)21-28/h8,11-15,20,22-23,28,38H,3-7,9-10,16-19,21,24H2,1-2H3/t28-/m0/s1. The lowest BCUT2D eigenvalue weighted by atomic mass is 9.79. The smallest absolute Gasteiger partial charge is 0.165 e. The normalized spacial score (nSPS) is 17.6. The Bertz CT molecular complexity index is 1270. The predicted molar refractivity (Wildman–Crippen MR) is 159 cm³/mol. The minimum absolute atomic E-state index is 0.303. The fourth-order valence-electron chi connectivity index (χ4n) is 6.27. The first kappa shape index (κ1) is 28.3. The minimum atomic E-state index is -0.303. The average molecular weight is 547 g/mol. The van der Waals surface area contributed by atoms with E-state index in [0.717, 1.165) is 62.4 Å². The molecular formula is C34H43FN2O3. The molecule has 1 N–H and O–H groups in total. The summed E-state index contributed by atoms with van der Waals surface area (Å²) in [6.45, 7) is 7.09. The van der Waals surface area contributed by atoms with Crippen molar-refractivity contribution in [1.82, 2.24) is 4.90 Å². The van der Waals surface area contributed by atoms with E-state index in [1.807, 2.05) is 18.2 Å². The zero-order chi connectivity index (χ0) is 27.9. The summed E-state index contributed by atoms with van der Waals surface area (Å²) in [7, 11) is 1.69. The quantitative estimate of drug-likeness (QED) is 0.294. The maximum Gasteiger partial charge on any atom is 0.165 e. The predicted octanol–water partition coefficient (Wildman–Crippen LogP) is 7.09. The maximum atomic E-state index is 15.1. The van der Waals surface area contributed by atoms with E-state index in [4.69, 9.17) is 9.47 Å². The number of phenolic OH excluding ortho intramolecular Hbond substituents is 1. The molecule has 0 aromatic heterocycles. The van der Waals surface area contributed by atoms with E-state index in [-0.39, 0.29) is 5.82 Å². The van der Waals surface area contributed by atoms with Crippen LogP contribution in [0.3, 0.4) is 0 Å². The molecule has 0 amide bonds. The van der Waals surface area contributed by atoms with Crippen LogP contribution >= 0.6 is 0 Å². The third-order valence-corrected chi connectivity index (χ3v) is 8.55. The summed E-state index contributed by atoms with van der Waals surface area (Å²) in [6.07, 6.45) is 7.99. The van der Waals surface area contributed by atoms with Gasteiger partial charge in [0.2, 0.25) is 0 Å². The Balaban J connectivity index is 1.29. The molecule has 2 aliphatic rings. The summed E-state index contributed by atoms with van der Waals surface area (Å²) >= 11 is 0. The van der Waals surface area contributed by atoms with Gasteiger partial charge in [-0.3, -0.25) is 4.90 Å². The van der Waals surface area contributed by atoms with Crippen molar-refractivity contribution in [3.63, 3.8) is 0 Å². The van der Waals surface area contributed by atoms with Crippen molar-refractivity contribution < 1.29 is 19.0 Å². The van der Waals surface area contributed by atoms with Gasteiger partial charge < -0.3 is 19.5 Å². The van der Waals surface area contributed by atoms with Crippen molar-refractivity contribution in [2.75, 3.05) is 44.8 Å². The Morgan fingerprint density at radius 2 is 1.80 bits per heavy atom. The molecule has 0 saturated carbocycles. The van der Waals surface area contributed by atoms with Gasteiger partial charge >= 0.3 is 0 Å². The number of phenols is 1. The third kappa shape index (κ3) is 6.90. The van der Waals surface area contributed by atoms with Crippen LogP contribution in [0, 0.1) is 5.82 Å². The van der Waals surface area contributed by atoms with Gasteiger partial charge in [-0.1, -0.05) is 31.0 Å². The number of aromatic hydroxyl groups is 1. The fraction of sp³-hybridized carbons (Fsp3) is 0.471. The topological polar surface area (TPSA) is 45.2 Å². The molecule has 0 radical (unpaired) electrons. The summed E-state index contributed by atoms with van der Waals surface area (Å²) in [5.74, 6) is 1.54. The van der Waals surface area contributed by atoms with Crippen molar-refractivity contribution >= 4 is 5.69 Å². The van der Waals surface area contributed by atoms with Gasteiger partial charge in [0.1, 0.15) is 18.1 Å². The first-order valence-electron chi connectivity index (χ1n) is 14.9. The molecule has 3 aromatic carbocycles. The molecule has 5 rings (SSSR count). The lowest BCUT2D eigenvalue weighted by Gasteiger charge is -2.32. The van der Waals surface area contributed by atoms with Crippen molar-refractivity contribution in [1.29, 1.82) is 0 Å². The number of likely N-dealkylation sites (tertiary alicyclic amines) is 1. The lowest BCUT2D eigenvalue weighted by Crippen LogP contribution is -2.29. The van der Waals surface area contributed by atoms with Gasteiger partial charge in [-0.15, -0.1) is 0 Å². The molecular weight excluding hydrogens is 503 g/mol. The SMILES string of the molecule is CCN(Cc1ccc(OCCN2CCCCCC2)c(F)c1)c1cc(OC)ccc1[C@H]1CCc2cc(O)ccc2C1. The Kier molecular flexibility index (Phi) is 9.48. The van der Waals surface area contributed by atoms with Gasteiger partial charge in [-0.2, -0.15) is 0 Å². The number of hydrogen-bond donors (Lipinski definition) is 1. The second-order valence-electron chi connectivity index (χ2n) is 11.2. The van der Waals surface area contributed by atoms with Crippen LogP contribution in [-0.4, -0.2) is 49.9 Å². The van der Waals surface area contributed by atoms with Crippen molar-refractivity contribution in [2.24, 2.45) is 0 Å². The molecule has 0 bridgehead atoms. The highest BCUT2D eigenvalue weighted by Crippen LogP contribution is 2.40. The lowest BCUT2D eigenvalue weighted by molar-refractivity contribution is 0.209. The maximum absolute atomic E-state index is 15.1. The largest absolute Gasteiger partial charge is 0.508 e. The number of fused-ring (bicyclic) bond motifs is 1. The minimum Gasteiger partial charge on any atom is -0.508 e. The average Bonchev–Trinajstić information content (AvgIpc) is 3.25. The number of halogens is 1. The Hall–Kier alpha value is -3.25. The molecule has 40 heavy (non-hydrogen) atoms. The van der Waals surface area contributed by atoms with Gasteiger partial charge in [0, 0.05) is 31.4 Å². The molecule has 3 aromatic rings. The van der Waals surface area contributed by atoms with E-state index in [1.165, 1.54) is 42.4 Å². The van der Waals surface area contributed by atoms with Gasteiger partial charge in [-0.05, 0) is 111 Å². The number of benzene rings is 3. The number of hydrogen-bond acceptors (Lipinski definition) is 5. The summed E-state index contributed by atoms with van der Waals surface area (Å²) in [5, 5.41) is 9.90. The molecule has 1 fully saturated rings. The molecule has 6 heteroatoms. The van der Waals surface area contributed by atoms with E-state index < -0.39 is 0 Å². The Labute approximate surface area is 238 Å². The van der Waals surface area contributed by atoms with E-state index in [9.17, 15) is 5.11 Å². The highest BCUT2D eigenvalue weighted by molar-refractivity contribution is 5.60. The molecule has 1 aliphatic heterocycles. The van der Waals surface area contributed by atoms with Crippen LogP contribution in [0.25, 0.3) is 0 Å². The van der Waals surface area contributed by atoms with Crippen LogP contribution in [-0.2, 0) is 19.4 Å². The number of rotatable bonds is 10. The Morgan fingerprint density at radius 1 is 0.975 bits per heavy atom. The Morgan fingerprint density at radius 3 is 2.55 bits per heavy atom. The highest BCUT2D eigenvalue weighted by atomic mass is 19.1. The first-order chi connectivity index (χ1) is 19.5. The molecule has 0 spiro atoms. The van der Waals surface area contributed by atoms with Crippen LogP contribution in [0.4, 0.5) is 10.1 Å². The molecule has 0 unspecified atom stereocenters. The molecule has 1 heterocycles. The van der Waals surface area contributed by atoms with Gasteiger partial charge in [0.25, 0.3) is 0 Å². The van der Waals surface area contributed by atoms with Crippen LogP contribution in [0.2, 0.25) is 0 Å². The highest BCUT2D eigenvalue weighted by Gasteiger charge is 2.25. The van der Waals surface area contributed by atoms with Gasteiger partial charge in [0.15, 0.2) is 11.6 Å². The molecule has 1 aliphatic carbocycles. The number of methoxy groups -OCH3 is 1. The fourth-order valence-corrected chi connectivity index (χ4v) is 6.27. The zero-order valence-electron chi connectivity index (χ0n) is 24.0. The van der Waals surface area contributed by atoms with Crippen LogP contribution in [0.1, 0.15) is 67.2 Å². The first-order valence-corrected chi connectivity index (χ1v) is 14.9. The number of anilines is 1. The summed E-state index contributed by atoms with van der Waals surface area (Å²) in [4.78, 5) is 4.73. The number of nitrogens with zero attached hydrogens (tertiary/aromatic N) is 2. The molecule has 1 saturated heterocycles. The van der Waals surface area contributed by atoms with Crippen LogP contribution in [0.5, 0.6) is 17.2 Å². The second kappa shape index (κ2) is 13.4. The van der Waals surface area contributed by atoms with Gasteiger partial charge in [-0.25, -0.2) is 4.39 Å². The van der Waals surface area contributed by atoms with Crippen LogP contribution in [0.15, 0.2) is 54.6 Å². The summed E-state index contributed by atoms with van der Waals surface area (Å²) < 4.78 is 26.6. The van der Waals surface area contributed by atoms with Crippen molar-refractivity contribution in [2.45, 2.75) is 64.3 Å². The van der Waals surface area contributed by atoms with Crippen molar-refractivity contribution in [3.8, 4) is 17.2 Å². The molecule has 214 valence electrons.